The van der Waals surface area contributed by atoms with Crippen LogP contribution in [0.4, 0.5) is 0 Å². The first-order valence-electron chi connectivity index (χ1n) is 0.932. The van der Waals surface area contributed by atoms with Crippen molar-refractivity contribution in [2.24, 2.45) is 0 Å². The van der Waals surface area contributed by atoms with Crippen LogP contribution in [0.2, 0.25) is 0 Å². The van der Waals surface area contributed by atoms with Gasteiger partial charge in [-0.25, -0.2) is 0 Å². The molecule has 0 bridgehead atoms. The second-order valence-corrected chi connectivity index (χ2v) is 4.84. The predicted octanol–water partition coefficient (Wildman–Crippen LogP) is -1.68. The summed E-state index contributed by atoms with van der Waals surface area (Å²) in [6, 6.07) is 0. The van der Waals surface area contributed by atoms with Gasteiger partial charge in [0.1, 0.15) is 0 Å². The minimum atomic E-state index is -4.66. The van der Waals surface area contributed by atoms with Gasteiger partial charge in [-0.05, 0) is 0 Å². The van der Waals surface area contributed by atoms with Gasteiger partial charge in [-0.15, -0.1) is 0 Å². The summed E-state index contributed by atoms with van der Waals surface area (Å²) in [4.78, 5) is 0. The number of hydrogen-bond donors (Lipinski definition) is 2. The van der Waals surface area contributed by atoms with E-state index in [1.165, 1.54) is 0 Å². The summed E-state index contributed by atoms with van der Waals surface area (Å²) in [5.41, 5.74) is 0. The average molecular weight is 237 g/mol. The van der Waals surface area contributed by atoms with Crippen LogP contribution in [0, 0.1) is 0 Å². The van der Waals surface area contributed by atoms with Gasteiger partial charge in [-0.2, -0.15) is 0 Å². The molecule has 6 heteroatoms. The van der Waals surface area contributed by atoms with E-state index in [4.69, 9.17) is 8.19 Å². The van der Waals surface area contributed by atoms with E-state index in [2.05, 4.69) is 2.38 Å². The van der Waals surface area contributed by atoms with Crippen molar-refractivity contribution in [3.05, 3.63) is 0 Å². The van der Waals surface area contributed by atoms with Crippen molar-refractivity contribution in [1.29, 1.82) is 0 Å². The van der Waals surface area contributed by atoms with Gasteiger partial charge in [0.25, 0.3) is 0 Å². The fourth-order valence-electron chi connectivity index (χ4n) is 0. The standard InChI is InChI=1S/AsH3O4.Mo/c2-1(3,4)5;/h(H3,2,3,4,5);/q;+1/p-1. The third kappa shape index (κ3) is 4.93. The van der Waals surface area contributed by atoms with E-state index in [1.54, 1.807) is 0 Å². The van der Waals surface area contributed by atoms with Crippen LogP contribution >= 0.6 is 0 Å². The van der Waals surface area contributed by atoms with Crippen LogP contribution < -0.4 is 0 Å². The van der Waals surface area contributed by atoms with Gasteiger partial charge >= 0.3 is 49.0 Å². The topological polar surface area (TPSA) is 66.8 Å². The summed E-state index contributed by atoms with van der Waals surface area (Å²) in [5.74, 6) is 0. The van der Waals surface area contributed by atoms with Crippen LogP contribution in [0.5, 0.6) is 0 Å². The third-order valence-electron chi connectivity index (χ3n) is 0.0971. The first-order chi connectivity index (χ1) is 2.56. The van der Waals surface area contributed by atoms with Gasteiger partial charge in [0.05, 0.1) is 0 Å². The van der Waals surface area contributed by atoms with E-state index in [-0.39, 0.29) is 0 Å². The molecule has 0 saturated carbocycles. The maximum absolute atomic E-state index is 9.54. The molecular weight excluding hydrogens is 235 g/mol. The van der Waals surface area contributed by atoms with Crippen LogP contribution in [0.1, 0.15) is 0 Å². The van der Waals surface area contributed by atoms with Crippen LogP contribution in [-0.4, -0.2) is 22.7 Å². The van der Waals surface area contributed by atoms with Gasteiger partial charge < -0.3 is 0 Å². The Hall–Kier alpha value is 0.927. The molecule has 0 aliphatic carbocycles. The molecule has 0 aromatic heterocycles. The molecule has 0 radical (unpaired) electrons. The van der Waals surface area contributed by atoms with Gasteiger partial charge in [-0.1, -0.05) is 0 Å². The van der Waals surface area contributed by atoms with Crippen molar-refractivity contribution < 1.29 is 34.5 Å². The van der Waals surface area contributed by atoms with E-state index >= 15 is 0 Å². The Morgan fingerprint density at radius 2 is 1.83 bits per heavy atom. The summed E-state index contributed by atoms with van der Waals surface area (Å²) in [7, 11) is 0. The van der Waals surface area contributed by atoms with E-state index in [0.717, 1.165) is 20.2 Å². The second-order valence-electron chi connectivity index (χ2n) is 0.565. The normalized spacial score (nSPS) is 11.7. The van der Waals surface area contributed by atoms with Crippen LogP contribution in [-0.2, 0) is 26.3 Å². The Bertz CT molecular complexity index is 71.6. The second kappa shape index (κ2) is 2.29. The molecule has 0 saturated heterocycles. The Morgan fingerprint density at radius 1 is 1.67 bits per heavy atom. The molecule has 37 valence electrons. The van der Waals surface area contributed by atoms with E-state index in [9.17, 15) is 3.74 Å². The van der Waals surface area contributed by atoms with E-state index in [0.29, 0.717) is 0 Å². The number of hydrogen-bond acceptors (Lipinski definition) is 2. The Balaban J connectivity index is 3.48. The molecule has 4 nitrogen and oxygen atoms in total. The summed E-state index contributed by atoms with van der Waals surface area (Å²) in [6.45, 7) is 0. The van der Waals surface area contributed by atoms with Crippen molar-refractivity contribution >= 4 is 14.5 Å². The Labute approximate surface area is 49.2 Å². The molecule has 0 spiro atoms. The predicted molar refractivity (Wildman–Crippen MR) is 12.0 cm³/mol. The van der Waals surface area contributed by atoms with Crippen molar-refractivity contribution in [2.75, 3.05) is 0 Å². The quantitative estimate of drug-likeness (QED) is 0.534. The molecule has 6 heavy (non-hydrogen) atoms. The summed E-state index contributed by atoms with van der Waals surface area (Å²) >= 11 is -3.74. The Morgan fingerprint density at radius 3 is 1.83 bits per heavy atom. The van der Waals surface area contributed by atoms with Crippen molar-refractivity contribution in [2.45, 2.75) is 0 Å². The third-order valence-corrected chi connectivity index (χ3v) is 2.98. The molecule has 0 atom stereocenters. The van der Waals surface area contributed by atoms with E-state index in [1.807, 2.05) is 0 Å². The fraction of sp³-hybridized carbons (Fsp3) is 0. The molecule has 0 aromatic carbocycles. The molecule has 0 heterocycles. The van der Waals surface area contributed by atoms with Crippen LogP contribution in [0.25, 0.3) is 0 Å². The summed E-state index contributed by atoms with van der Waals surface area (Å²) in [6.07, 6.45) is 0. The zero-order valence-corrected chi connectivity index (χ0v) is 6.45. The van der Waals surface area contributed by atoms with Crippen LogP contribution in [0.3, 0.4) is 0 Å². The molecule has 0 unspecified atom stereocenters. The number of rotatable bonds is 1. The minimum absolute atomic E-state index is 0.910. The molecule has 2 N–H and O–H groups in total. The van der Waals surface area contributed by atoms with Crippen molar-refractivity contribution in [3.8, 4) is 0 Å². The van der Waals surface area contributed by atoms with E-state index < -0.39 is 14.5 Å². The molecule has 0 amide bonds. The molecule has 0 rings (SSSR count). The van der Waals surface area contributed by atoms with Crippen molar-refractivity contribution in [1.82, 2.24) is 0 Å². The van der Waals surface area contributed by atoms with Gasteiger partial charge in [0, 0.05) is 0 Å². The molecule has 0 fully saturated rings. The first-order valence-corrected chi connectivity index (χ1v) is 4.96. The SMILES string of the molecule is O=[As](O)(O)[O][Mo]. The fourth-order valence-corrected chi connectivity index (χ4v) is 0. The Kier molecular flexibility index (Phi) is 2.64. The first kappa shape index (κ1) is 6.93. The summed E-state index contributed by atoms with van der Waals surface area (Å²) < 4.78 is 28.8. The maximum atomic E-state index is 9.54. The monoisotopic (exact) mass is 239 g/mol. The molecular formula is H2AsMoO4. The van der Waals surface area contributed by atoms with Crippen LogP contribution in [0.15, 0.2) is 0 Å². The molecule has 0 aromatic rings. The zero-order chi connectivity index (χ0) is 5.21. The molecule has 0 aliphatic rings. The average Bonchev–Trinajstić information content (AvgIpc) is 1.35. The van der Waals surface area contributed by atoms with Crippen molar-refractivity contribution in [3.63, 3.8) is 0 Å². The van der Waals surface area contributed by atoms with Gasteiger partial charge in [-0.3, -0.25) is 0 Å². The zero-order valence-electron chi connectivity index (χ0n) is 2.57. The molecule has 0 aliphatic heterocycles. The van der Waals surface area contributed by atoms with Gasteiger partial charge in [0.2, 0.25) is 0 Å². The van der Waals surface area contributed by atoms with Gasteiger partial charge in [0.15, 0.2) is 0 Å². The summed E-state index contributed by atoms with van der Waals surface area (Å²) in [5, 5.41) is 0.